The van der Waals surface area contributed by atoms with Crippen molar-refractivity contribution in [2.45, 2.75) is 26.2 Å². The van der Waals surface area contributed by atoms with Crippen molar-refractivity contribution in [3.8, 4) is 0 Å². The van der Waals surface area contributed by atoms with Gasteiger partial charge >= 0.3 is 18.1 Å². The number of hydrogen-bond donors (Lipinski definition) is 2. The molecule has 0 spiro atoms. The van der Waals surface area contributed by atoms with Crippen LogP contribution in [0.15, 0.2) is 30.5 Å². The molecule has 0 radical (unpaired) electrons. The number of aromatic carboxylic acids is 1. The molecular formula is C16H19F3N4O4. The zero-order valence-electron chi connectivity index (χ0n) is 14.6. The van der Waals surface area contributed by atoms with Crippen LogP contribution in [0.4, 0.5) is 13.2 Å². The van der Waals surface area contributed by atoms with Gasteiger partial charge in [-0.3, -0.25) is 9.58 Å². The number of benzene rings is 1. The van der Waals surface area contributed by atoms with E-state index in [9.17, 15) is 18.0 Å². The monoisotopic (exact) mass is 388 g/mol. The SMILES string of the molecule is CCN(Cc1cccc(C(=O)O)c1)Cc1cn(C)nn1.O=C(O)C(F)(F)F. The van der Waals surface area contributed by atoms with Crippen molar-refractivity contribution in [2.75, 3.05) is 6.54 Å². The molecule has 11 heteroatoms. The van der Waals surface area contributed by atoms with Crippen LogP contribution in [0.25, 0.3) is 0 Å². The first kappa shape index (κ1) is 22.1. The molecular weight excluding hydrogens is 369 g/mol. The summed E-state index contributed by atoms with van der Waals surface area (Å²) in [7, 11) is 1.84. The normalized spacial score (nSPS) is 11.0. The van der Waals surface area contributed by atoms with Gasteiger partial charge in [-0.15, -0.1) is 5.10 Å². The van der Waals surface area contributed by atoms with E-state index in [1.807, 2.05) is 19.3 Å². The molecule has 0 aliphatic heterocycles. The highest BCUT2D eigenvalue weighted by atomic mass is 19.4. The molecule has 1 aromatic heterocycles. The Balaban J connectivity index is 0.000000445. The van der Waals surface area contributed by atoms with Crippen LogP contribution in [0.1, 0.15) is 28.5 Å². The summed E-state index contributed by atoms with van der Waals surface area (Å²) in [5.41, 5.74) is 2.21. The summed E-state index contributed by atoms with van der Waals surface area (Å²) in [4.78, 5) is 22.0. The van der Waals surface area contributed by atoms with Crippen molar-refractivity contribution >= 4 is 11.9 Å². The van der Waals surface area contributed by atoms with Gasteiger partial charge in [0.2, 0.25) is 0 Å². The van der Waals surface area contributed by atoms with E-state index in [4.69, 9.17) is 15.0 Å². The highest BCUT2D eigenvalue weighted by Gasteiger charge is 2.38. The highest BCUT2D eigenvalue weighted by molar-refractivity contribution is 5.87. The van der Waals surface area contributed by atoms with Crippen LogP contribution in [0.5, 0.6) is 0 Å². The van der Waals surface area contributed by atoms with Gasteiger partial charge in [0.05, 0.1) is 11.3 Å². The van der Waals surface area contributed by atoms with E-state index in [0.29, 0.717) is 18.7 Å². The Kier molecular flexibility index (Phi) is 7.91. The standard InChI is InChI=1S/C14H18N4O2.C2HF3O2/c1-3-18(10-13-9-17(2)16-15-13)8-11-5-4-6-12(7-11)14(19)20;3-2(4,5)1(6)7/h4-7,9H,3,8,10H2,1-2H3,(H,19,20);(H,6,7). The quantitative estimate of drug-likeness (QED) is 0.781. The molecule has 0 atom stereocenters. The maximum Gasteiger partial charge on any atom is 0.490 e. The van der Waals surface area contributed by atoms with Crippen molar-refractivity contribution in [1.29, 1.82) is 0 Å². The average Bonchev–Trinajstić information content (AvgIpc) is 2.99. The molecule has 0 amide bonds. The molecule has 0 bridgehead atoms. The number of aliphatic carboxylic acids is 1. The molecule has 27 heavy (non-hydrogen) atoms. The summed E-state index contributed by atoms with van der Waals surface area (Å²) < 4.78 is 33.4. The zero-order valence-corrected chi connectivity index (χ0v) is 14.6. The van der Waals surface area contributed by atoms with Crippen molar-refractivity contribution in [3.63, 3.8) is 0 Å². The van der Waals surface area contributed by atoms with Crippen LogP contribution in [0, 0.1) is 0 Å². The summed E-state index contributed by atoms with van der Waals surface area (Å²) in [6, 6.07) is 7.02. The highest BCUT2D eigenvalue weighted by Crippen LogP contribution is 2.13. The van der Waals surface area contributed by atoms with Crippen LogP contribution >= 0.6 is 0 Å². The number of carbonyl (C=O) groups is 2. The Morgan fingerprint density at radius 1 is 1.22 bits per heavy atom. The number of hydrogen-bond acceptors (Lipinski definition) is 5. The fourth-order valence-corrected chi connectivity index (χ4v) is 2.04. The Bertz CT molecular complexity index is 777. The summed E-state index contributed by atoms with van der Waals surface area (Å²) in [6.07, 6.45) is -3.20. The second-order valence-corrected chi connectivity index (χ2v) is 5.50. The smallest absolute Gasteiger partial charge is 0.478 e. The summed E-state index contributed by atoms with van der Waals surface area (Å²) >= 11 is 0. The van der Waals surface area contributed by atoms with E-state index in [-0.39, 0.29) is 0 Å². The third kappa shape index (κ3) is 7.86. The third-order valence-electron chi connectivity index (χ3n) is 3.31. The minimum atomic E-state index is -5.08. The molecule has 0 unspecified atom stereocenters. The van der Waals surface area contributed by atoms with Gasteiger partial charge in [0.25, 0.3) is 0 Å². The molecule has 148 valence electrons. The van der Waals surface area contributed by atoms with Crippen molar-refractivity contribution < 1.29 is 33.0 Å². The minimum absolute atomic E-state index is 0.318. The predicted octanol–water partition coefficient (Wildman–Crippen LogP) is 2.17. The van der Waals surface area contributed by atoms with Gasteiger partial charge in [0.1, 0.15) is 0 Å². The lowest BCUT2D eigenvalue weighted by Crippen LogP contribution is -2.22. The van der Waals surface area contributed by atoms with E-state index >= 15 is 0 Å². The number of alkyl halides is 3. The molecule has 1 aromatic carbocycles. The van der Waals surface area contributed by atoms with Gasteiger partial charge in [0, 0.05) is 26.3 Å². The maximum absolute atomic E-state index is 11.0. The third-order valence-corrected chi connectivity index (χ3v) is 3.31. The van der Waals surface area contributed by atoms with Crippen LogP contribution in [-0.4, -0.2) is 54.8 Å². The van der Waals surface area contributed by atoms with Crippen molar-refractivity contribution in [2.24, 2.45) is 7.05 Å². The Hall–Kier alpha value is -2.95. The molecule has 0 fully saturated rings. The predicted molar refractivity (Wildman–Crippen MR) is 87.9 cm³/mol. The minimum Gasteiger partial charge on any atom is -0.478 e. The molecule has 0 saturated carbocycles. The molecule has 0 aliphatic carbocycles. The zero-order chi connectivity index (χ0) is 20.6. The first-order valence-corrected chi connectivity index (χ1v) is 7.72. The lowest BCUT2D eigenvalue weighted by Gasteiger charge is -2.19. The number of aromatic nitrogens is 3. The molecule has 2 rings (SSSR count). The van der Waals surface area contributed by atoms with Crippen LogP contribution in [0.3, 0.4) is 0 Å². The van der Waals surface area contributed by atoms with Gasteiger partial charge in [-0.05, 0) is 24.2 Å². The number of halogens is 3. The van der Waals surface area contributed by atoms with Gasteiger partial charge in [-0.1, -0.05) is 24.3 Å². The fraction of sp³-hybridized carbons (Fsp3) is 0.375. The Morgan fingerprint density at radius 3 is 2.30 bits per heavy atom. The first-order chi connectivity index (χ1) is 12.5. The van der Waals surface area contributed by atoms with Gasteiger partial charge in [0.15, 0.2) is 0 Å². The summed E-state index contributed by atoms with van der Waals surface area (Å²) in [5, 5.41) is 24.1. The van der Waals surface area contributed by atoms with Gasteiger partial charge in [-0.25, -0.2) is 9.59 Å². The van der Waals surface area contributed by atoms with Crippen LogP contribution in [-0.2, 0) is 24.9 Å². The van der Waals surface area contributed by atoms with E-state index in [1.54, 1.807) is 22.9 Å². The molecule has 1 heterocycles. The summed E-state index contributed by atoms with van der Waals surface area (Å²) in [6.45, 7) is 4.31. The summed E-state index contributed by atoms with van der Waals surface area (Å²) in [5.74, 6) is -3.66. The van der Waals surface area contributed by atoms with E-state index < -0.39 is 18.1 Å². The van der Waals surface area contributed by atoms with Crippen molar-refractivity contribution in [3.05, 3.63) is 47.3 Å². The second-order valence-electron chi connectivity index (χ2n) is 5.50. The van der Waals surface area contributed by atoms with E-state index in [2.05, 4.69) is 22.1 Å². The molecule has 2 N–H and O–H groups in total. The number of aryl methyl sites for hydroxylation is 1. The molecule has 0 aliphatic rings. The van der Waals surface area contributed by atoms with Crippen LogP contribution in [0.2, 0.25) is 0 Å². The fourth-order valence-electron chi connectivity index (χ4n) is 2.04. The Labute approximate surface area is 152 Å². The molecule has 2 aromatic rings. The largest absolute Gasteiger partial charge is 0.490 e. The van der Waals surface area contributed by atoms with Gasteiger partial charge in [-0.2, -0.15) is 13.2 Å². The second kappa shape index (κ2) is 9.67. The number of carboxylic acid groups (broad SMARTS) is 2. The topological polar surface area (TPSA) is 109 Å². The number of rotatable bonds is 6. The van der Waals surface area contributed by atoms with Crippen LogP contribution < -0.4 is 0 Å². The van der Waals surface area contributed by atoms with Gasteiger partial charge < -0.3 is 10.2 Å². The lowest BCUT2D eigenvalue weighted by atomic mass is 10.1. The first-order valence-electron chi connectivity index (χ1n) is 7.72. The van der Waals surface area contributed by atoms with E-state index in [0.717, 1.165) is 17.8 Å². The number of carboxylic acids is 2. The number of nitrogens with zero attached hydrogens (tertiary/aromatic N) is 4. The Morgan fingerprint density at radius 2 is 1.85 bits per heavy atom. The lowest BCUT2D eigenvalue weighted by molar-refractivity contribution is -0.192. The average molecular weight is 388 g/mol. The van der Waals surface area contributed by atoms with E-state index in [1.165, 1.54) is 0 Å². The van der Waals surface area contributed by atoms with Crippen molar-refractivity contribution in [1.82, 2.24) is 19.9 Å². The molecule has 8 nitrogen and oxygen atoms in total. The maximum atomic E-state index is 11.0. The molecule has 0 saturated heterocycles.